The molecular weight excluding hydrogens is 413 g/mol. The predicted molar refractivity (Wildman–Crippen MR) is 124 cm³/mol. The summed E-state index contributed by atoms with van der Waals surface area (Å²) >= 11 is 0. The number of rotatable bonds is 7. The van der Waals surface area contributed by atoms with Gasteiger partial charge in [0.25, 0.3) is 5.91 Å². The number of benzene rings is 2. The lowest BCUT2D eigenvalue weighted by Crippen LogP contribution is -2.33. The highest BCUT2D eigenvalue weighted by atomic mass is 35.5. The molecule has 1 unspecified atom stereocenters. The molecule has 0 spiro atoms. The van der Waals surface area contributed by atoms with E-state index in [-0.39, 0.29) is 47.7 Å². The van der Waals surface area contributed by atoms with Gasteiger partial charge in [0.2, 0.25) is 0 Å². The Bertz CT molecular complexity index is 757. The Morgan fingerprint density at radius 2 is 1.48 bits per heavy atom. The van der Waals surface area contributed by atoms with E-state index in [2.05, 4.69) is 24.8 Å². The van der Waals surface area contributed by atoms with Gasteiger partial charge in [-0.05, 0) is 43.8 Å². The van der Waals surface area contributed by atoms with Crippen LogP contribution in [0.25, 0.3) is 0 Å². The van der Waals surface area contributed by atoms with Crippen LogP contribution in [0.15, 0.2) is 48.5 Å². The van der Waals surface area contributed by atoms with Crippen LogP contribution < -0.4 is 5.73 Å². The maximum absolute atomic E-state index is 13.0. The summed E-state index contributed by atoms with van der Waals surface area (Å²) in [5.41, 5.74) is 9.87. The zero-order chi connectivity index (χ0) is 17.8. The summed E-state index contributed by atoms with van der Waals surface area (Å²) in [4.78, 5) is 17.4. The zero-order valence-electron chi connectivity index (χ0n) is 16.9. The molecule has 0 radical (unpaired) electrons. The molecule has 164 valence electrons. The van der Waals surface area contributed by atoms with E-state index >= 15 is 0 Å². The highest BCUT2D eigenvalue weighted by Crippen LogP contribution is 2.40. The van der Waals surface area contributed by atoms with E-state index < -0.39 is 0 Å². The molecule has 6 N–H and O–H groups in total. The zero-order valence-corrected chi connectivity index (χ0v) is 18.6. The van der Waals surface area contributed by atoms with Crippen molar-refractivity contribution < 1.29 is 15.7 Å². The van der Waals surface area contributed by atoms with E-state index in [0.717, 1.165) is 55.0 Å². The molecule has 1 aliphatic rings. The van der Waals surface area contributed by atoms with Crippen LogP contribution in [-0.4, -0.2) is 52.8 Å². The van der Waals surface area contributed by atoms with Gasteiger partial charge >= 0.3 is 0 Å². The second kappa shape index (κ2) is 13.4. The molecule has 0 saturated heterocycles. The Kier molecular flexibility index (Phi) is 13.6. The number of halogens is 2. The van der Waals surface area contributed by atoms with Crippen molar-refractivity contribution in [3.05, 3.63) is 65.2 Å². The van der Waals surface area contributed by atoms with Gasteiger partial charge in [-0.25, -0.2) is 0 Å². The lowest BCUT2D eigenvalue weighted by atomic mass is 9.96. The molecule has 0 aliphatic carbocycles. The van der Waals surface area contributed by atoms with Crippen LogP contribution in [0.5, 0.6) is 0 Å². The fraction of sp³-hybridized carbons (Fsp3) is 0.381. The standard InChI is InChI=1S/C21H27N3O.2ClH.2H2O/c1-3-23(4-2)14-9-15-24-20(18-12-7-8-13-19(18)22)16-10-5-6-11-17(16)21(24)25;;;;/h5-8,10-13,20H,3-4,9,14-15,22H2,1-2H3;2*1H;2*1H2. The van der Waals surface area contributed by atoms with E-state index in [1.807, 2.05) is 47.4 Å². The minimum atomic E-state index is -0.0818. The van der Waals surface area contributed by atoms with Gasteiger partial charge < -0.3 is 26.5 Å². The molecule has 29 heavy (non-hydrogen) atoms. The van der Waals surface area contributed by atoms with Crippen molar-refractivity contribution in [2.45, 2.75) is 26.3 Å². The fourth-order valence-electron chi connectivity index (χ4n) is 3.70. The number of anilines is 1. The Hall–Kier alpha value is -1.83. The van der Waals surface area contributed by atoms with Gasteiger partial charge in [-0.3, -0.25) is 4.79 Å². The third-order valence-corrected chi connectivity index (χ3v) is 5.12. The van der Waals surface area contributed by atoms with Gasteiger partial charge in [-0.15, -0.1) is 24.8 Å². The largest absolute Gasteiger partial charge is 0.412 e. The number of hydrogen-bond donors (Lipinski definition) is 1. The maximum Gasteiger partial charge on any atom is 0.255 e. The summed E-state index contributed by atoms with van der Waals surface area (Å²) in [6, 6.07) is 15.7. The van der Waals surface area contributed by atoms with E-state index in [1.165, 1.54) is 0 Å². The van der Waals surface area contributed by atoms with Crippen LogP contribution >= 0.6 is 24.8 Å². The van der Waals surface area contributed by atoms with Crippen LogP contribution in [0.4, 0.5) is 5.69 Å². The molecule has 0 bridgehead atoms. The summed E-state index contributed by atoms with van der Waals surface area (Å²) in [5, 5.41) is 0. The number of amides is 1. The lowest BCUT2D eigenvalue weighted by Gasteiger charge is -2.28. The first-order valence-corrected chi connectivity index (χ1v) is 9.14. The summed E-state index contributed by atoms with van der Waals surface area (Å²) in [5.74, 6) is 0.114. The van der Waals surface area contributed by atoms with Gasteiger partial charge in [0.05, 0.1) is 6.04 Å². The molecule has 2 aromatic rings. The highest BCUT2D eigenvalue weighted by Gasteiger charge is 2.37. The normalized spacial score (nSPS) is 14.2. The van der Waals surface area contributed by atoms with Crippen molar-refractivity contribution in [2.24, 2.45) is 0 Å². The number of fused-ring (bicyclic) bond motifs is 1. The van der Waals surface area contributed by atoms with Crippen LogP contribution in [-0.2, 0) is 0 Å². The average molecular weight is 446 g/mol. The van der Waals surface area contributed by atoms with E-state index in [9.17, 15) is 4.79 Å². The predicted octanol–water partition coefficient (Wildman–Crippen LogP) is 2.74. The molecule has 1 atom stereocenters. The highest BCUT2D eigenvalue weighted by molar-refractivity contribution is 6.00. The monoisotopic (exact) mass is 445 g/mol. The van der Waals surface area contributed by atoms with Crippen molar-refractivity contribution in [1.82, 2.24) is 9.80 Å². The summed E-state index contributed by atoms with van der Waals surface area (Å²) in [6.07, 6.45) is 0.963. The van der Waals surface area contributed by atoms with Gasteiger partial charge in [0.1, 0.15) is 0 Å². The van der Waals surface area contributed by atoms with Crippen molar-refractivity contribution >= 4 is 36.4 Å². The number of para-hydroxylation sites is 1. The number of nitrogens with zero attached hydrogens (tertiary/aromatic N) is 2. The summed E-state index contributed by atoms with van der Waals surface area (Å²) in [6.45, 7) is 8.17. The van der Waals surface area contributed by atoms with Gasteiger partial charge in [-0.2, -0.15) is 0 Å². The molecule has 0 saturated carbocycles. The molecule has 0 aromatic heterocycles. The van der Waals surface area contributed by atoms with Crippen molar-refractivity contribution in [2.75, 3.05) is 31.9 Å². The smallest absolute Gasteiger partial charge is 0.255 e. The lowest BCUT2D eigenvalue weighted by molar-refractivity contribution is 0.0742. The molecule has 1 heterocycles. The number of carbonyl (C=O) groups excluding carboxylic acids is 1. The summed E-state index contributed by atoms with van der Waals surface area (Å²) in [7, 11) is 0. The number of hydrogen-bond acceptors (Lipinski definition) is 3. The molecule has 1 amide bonds. The third-order valence-electron chi connectivity index (χ3n) is 5.12. The second-order valence-electron chi connectivity index (χ2n) is 6.50. The molecule has 0 fully saturated rings. The molecular formula is C21H33Cl2N3O3. The average Bonchev–Trinajstić information content (AvgIpc) is 2.92. The Morgan fingerprint density at radius 1 is 0.931 bits per heavy atom. The number of nitrogens with two attached hydrogens (primary N) is 1. The quantitative estimate of drug-likeness (QED) is 0.660. The van der Waals surface area contributed by atoms with Gasteiger partial charge in [0, 0.05) is 23.4 Å². The SMILES string of the molecule is CCN(CC)CCCN1C(=O)c2ccccc2C1c1ccccc1N.Cl.Cl.O.O. The van der Waals surface area contributed by atoms with Gasteiger partial charge in [0.15, 0.2) is 0 Å². The van der Waals surface area contributed by atoms with Crippen LogP contribution in [0.1, 0.15) is 47.8 Å². The number of nitrogen functional groups attached to an aromatic ring is 1. The first-order chi connectivity index (χ1) is 12.2. The Labute approximate surface area is 185 Å². The molecule has 8 heteroatoms. The first-order valence-electron chi connectivity index (χ1n) is 9.14. The van der Waals surface area contributed by atoms with Crippen LogP contribution in [0.3, 0.4) is 0 Å². The molecule has 2 aromatic carbocycles. The van der Waals surface area contributed by atoms with Crippen molar-refractivity contribution in [3.8, 4) is 0 Å². The molecule has 1 aliphatic heterocycles. The fourth-order valence-corrected chi connectivity index (χ4v) is 3.70. The third kappa shape index (κ3) is 6.07. The minimum absolute atomic E-state index is 0. The van der Waals surface area contributed by atoms with E-state index in [4.69, 9.17) is 5.73 Å². The van der Waals surface area contributed by atoms with Crippen molar-refractivity contribution in [1.29, 1.82) is 0 Å². The van der Waals surface area contributed by atoms with Crippen LogP contribution in [0.2, 0.25) is 0 Å². The van der Waals surface area contributed by atoms with Crippen LogP contribution in [0, 0.1) is 0 Å². The molecule has 3 rings (SSSR count). The second-order valence-corrected chi connectivity index (χ2v) is 6.50. The van der Waals surface area contributed by atoms with E-state index in [1.54, 1.807) is 0 Å². The maximum atomic E-state index is 13.0. The summed E-state index contributed by atoms with van der Waals surface area (Å²) < 4.78 is 0. The molecule has 6 nitrogen and oxygen atoms in total. The topological polar surface area (TPSA) is 113 Å². The van der Waals surface area contributed by atoms with Gasteiger partial charge in [-0.1, -0.05) is 50.2 Å². The van der Waals surface area contributed by atoms with E-state index in [0.29, 0.717) is 0 Å². The Morgan fingerprint density at radius 3 is 2.07 bits per heavy atom. The Balaban J connectivity index is 0. The van der Waals surface area contributed by atoms with Crippen molar-refractivity contribution in [3.63, 3.8) is 0 Å². The minimum Gasteiger partial charge on any atom is -0.412 e. The first kappa shape index (κ1) is 29.4. The number of carbonyl (C=O) groups is 1.